The number of benzene rings is 1. The Morgan fingerprint density at radius 2 is 2.14 bits per heavy atom. The van der Waals surface area contributed by atoms with Crippen LogP contribution in [0.4, 0.5) is 0 Å². The lowest BCUT2D eigenvalue weighted by atomic mass is 9.96. The molecule has 0 bridgehead atoms. The predicted octanol–water partition coefficient (Wildman–Crippen LogP) is 1.85. The highest BCUT2D eigenvalue weighted by atomic mass is 16.5. The molecule has 1 atom stereocenters. The molecule has 0 saturated carbocycles. The fourth-order valence-electron chi connectivity index (χ4n) is 3.38. The van der Waals surface area contributed by atoms with Crippen molar-refractivity contribution in [3.8, 4) is 0 Å². The number of hydrogen-bond acceptors (Lipinski definition) is 3. The lowest BCUT2D eigenvalue weighted by Crippen LogP contribution is -2.28. The zero-order chi connectivity index (χ0) is 14.8. The summed E-state index contributed by atoms with van der Waals surface area (Å²) in [6, 6.07) is 6.16. The van der Waals surface area contributed by atoms with Crippen LogP contribution in [-0.2, 0) is 22.4 Å². The fraction of sp³-hybridized carbons (Fsp3) is 0.529. The van der Waals surface area contributed by atoms with Gasteiger partial charge in [-0.25, -0.2) is 0 Å². The smallest absolute Gasteiger partial charge is 0.223 e. The Balaban J connectivity index is 1.63. The largest absolute Gasteiger partial charge is 0.383 e. The lowest BCUT2D eigenvalue weighted by Gasteiger charge is -2.16. The van der Waals surface area contributed by atoms with Crippen LogP contribution in [0.5, 0.6) is 0 Å². The molecule has 0 aromatic heterocycles. The van der Waals surface area contributed by atoms with Gasteiger partial charge in [0, 0.05) is 38.6 Å². The second-order valence-corrected chi connectivity index (χ2v) is 6.02. The van der Waals surface area contributed by atoms with E-state index in [2.05, 4.69) is 6.07 Å². The number of methoxy groups -OCH3 is 1. The van der Waals surface area contributed by atoms with E-state index in [0.29, 0.717) is 31.9 Å². The standard InChI is InChI=1S/C17H21NO3/c1-21-7-6-18-11-13(10-17(18)20)8-12-2-4-15-14(9-12)3-5-16(15)19/h2,4,9,13H,3,5-8,10-11H2,1H3/t13-/m0/s1. The van der Waals surface area contributed by atoms with Crippen molar-refractivity contribution in [2.45, 2.75) is 25.7 Å². The molecule has 1 aliphatic carbocycles. The van der Waals surface area contributed by atoms with Gasteiger partial charge in [0.2, 0.25) is 5.91 Å². The molecule has 1 heterocycles. The SMILES string of the molecule is COCCN1C[C@@H](Cc2ccc3c(c2)CCC3=O)CC1=O. The molecule has 0 N–H and O–H groups in total. The zero-order valence-electron chi connectivity index (χ0n) is 12.4. The van der Waals surface area contributed by atoms with Crippen LogP contribution in [0, 0.1) is 5.92 Å². The van der Waals surface area contributed by atoms with Gasteiger partial charge in [-0.15, -0.1) is 0 Å². The van der Waals surface area contributed by atoms with Crippen molar-refractivity contribution in [2.75, 3.05) is 26.8 Å². The third-order valence-corrected chi connectivity index (χ3v) is 4.48. The maximum absolute atomic E-state index is 11.9. The van der Waals surface area contributed by atoms with E-state index in [1.807, 2.05) is 17.0 Å². The Morgan fingerprint density at radius 1 is 1.29 bits per heavy atom. The number of carbonyl (C=O) groups is 2. The number of rotatable bonds is 5. The number of hydrogen-bond donors (Lipinski definition) is 0. The molecule has 1 aromatic carbocycles. The minimum absolute atomic E-state index is 0.230. The summed E-state index contributed by atoms with van der Waals surface area (Å²) >= 11 is 0. The van der Waals surface area contributed by atoms with Crippen molar-refractivity contribution >= 4 is 11.7 Å². The highest BCUT2D eigenvalue weighted by Crippen LogP contribution is 2.26. The molecule has 1 amide bonds. The quantitative estimate of drug-likeness (QED) is 0.830. The third-order valence-electron chi connectivity index (χ3n) is 4.48. The second-order valence-electron chi connectivity index (χ2n) is 6.02. The van der Waals surface area contributed by atoms with Crippen molar-refractivity contribution in [2.24, 2.45) is 5.92 Å². The van der Waals surface area contributed by atoms with Crippen molar-refractivity contribution in [1.29, 1.82) is 0 Å². The monoisotopic (exact) mass is 287 g/mol. The van der Waals surface area contributed by atoms with Crippen molar-refractivity contribution < 1.29 is 14.3 Å². The van der Waals surface area contributed by atoms with Gasteiger partial charge in [0.25, 0.3) is 0 Å². The fourth-order valence-corrected chi connectivity index (χ4v) is 3.38. The number of ether oxygens (including phenoxy) is 1. The van der Waals surface area contributed by atoms with Crippen molar-refractivity contribution in [1.82, 2.24) is 4.90 Å². The molecular formula is C17H21NO3. The van der Waals surface area contributed by atoms with E-state index in [9.17, 15) is 9.59 Å². The summed E-state index contributed by atoms with van der Waals surface area (Å²) in [6.45, 7) is 2.10. The number of fused-ring (bicyclic) bond motifs is 1. The molecule has 0 unspecified atom stereocenters. The molecule has 0 spiro atoms. The van der Waals surface area contributed by atoms with Crippen LogP contribution >= 0.6 is 0 Å². The van der Waals surface area contributed by atoms with E-state index in [1.165, 1.54) is 11.1 Å². The highest BCUT2D eigenvalue weighted by molar-refractivity contribution is 6.00. The summed E-state index contributed by atoms with van der Waals surface area (Å²) in [5.74, 6) is 0.872. The second kappa shape index (κ2) is 5.98. The molecule has 21 heavy (non-hydrogen) atoms. The Bertz CT molecular complexity index is 567. The van der Waals surface area contributed by atoms with Gasteiger partial charge in [0.05, 0.1) is 6.61 Å². The van der Waals surface area contributed by atoms with Gasteiger partial charge in [-0.1, -0.05) is 18.2 Å². The molecule has 4 heteroatoms. The third kappa shape index (κ3) is 3.00. The van der Waals surface area contributed by atoms with E-state index >= 15 is 0 Å². The van der Waals surface area contributed by atoms with Gasteiger partial charge in [0.1, 0.15) is 0 Å². The summed E-state index contributed by atoms with van der Waals surface area (Å²) in [4.78, 5) is 25.5. The number of likely N-dealkylation sites (tertiary alicyclic amines) is 1. The molecule has 3 rings (SSSR count). The van der Waals surface area contributed by atoms with Crippen LogP contribution in [0.2, 0.25) is 0 Å². The van der Waals surface area contributed by atoms with Gasteiger partial charge in [-0.3, -0.25) is 9.59 Å². The molecular weight excluding hydrogens is 266 g/mol. The summed E-state index contributed by atoms with van der Waals surface area (Å²) in [6.07, 6.45) is 3.05. The van der Waals surface area contributed by atoms with Crippen molar-refractivity contribution in [3.05, 3.63) is 34.9 Å². The minimum atomic E-state index is 0.230. The normalized spacial score (nSPS) is 21.2. The Morgan fingerprint density at radius 3 is 2.95 bits per heavy atom. The summed E-state index contributed by atoms with van der Waals surface area (Å²) < 4.78 is 5.04. The van der Waals surface area contributed by atoms with E-state index in [-0.39, 0.29) is 11.7 Å². The van der Waals surface area contributed by atoms with E-state index in [0.717, 1.165) is 24.9 Å². The first-order valence-corrected chi connectivity index (χ1v) is 7.59. The Hall–Kier alpha value is -1.68. The Labute approximate surface area is 125 Å². The number of Topliss-reactive ketones (excluding diaryl/α,β-unsaturated/α-hetero) is 1. The first-order chi connectivity index (χ1) is 10.2. The predicted molar refractivity (Wildman–Crippen MR) is 79.4 cm³/mol. The molecule has 2 aliphatic rings. The van der Waals surface area contributed by atoms with Gasteiger partial charge >= 0.3 is 0 Å². The van der Waals surface area contributed by atoms with Crippen LogP contribution < -0.4 is 0 Å². The first-order valence-electron chi connectivity index (χ1n) is 7.59. The number of aryl methyl sites for hydroxylation is 1. The van der Waals surface area contributed by atoms with Crippen LogP contribution in [0.3, 0.4) is 0 Å². The average molecular weight is 287 g/mol. The number of ketones is 1. The molecule has 1 aromatic rings. The summed E-state index contributed by atoms with van der Waals surface area (Å²) in [5, 5.41) is 0. The van der Waals surface area contributed by atoms with E-state index in [1.54, 1.807) is 7.11 Å². The highest BCUT2D eigenvalue weighted by Gasteiger charge is 2.29. The lowest BCUT2D eigenvalue weighted by molar-refractivity contribution is -0.128. The van der Waals surface area contributed by atoms with Crippen LogP contribution in [0.15, 0.2) is 18.2 Å². The van der Waals surface area contributed by atoms with Crippen LogP contribution in [-0.4, -0.2) is 43.4 Å². The molecule has 1 fully saturated rings. The molecule has 1 saturated heterocycles. The summed E-state index contributed by atoms with van der Waals surface area (Å²) in [5.41, 5.74) is 3.32. The molecule has 0 radical (unpaired) electrons. The van der Waals surface area contributed by atoms with E-state index < -0.39 is 0 Å². The number of nitrogens with zero attached hydrogens (tertiary/aromatic N) is 1. The van der Waals surface area contributed by atoms with Crippen molar-refractivity contribution in [3.63, 3.8) is 0 Å². The van der Waals surface area contributed by atoms with Gasteiger partial charge in [-0.2, -0.15) is 0 Å². The maximum atomic E-state index is 11.9. The van der Waals surface area contributed by atoms with Gasteiger partial charge < -0.3 is 9.64 Å². The number of carbonyl (C=O) groups excluding carboxylic acids is 2. The average Bonchev–Trinajstić information content (AvgIpc) is 3.00. The van der Waals surface area contributed by atoms with E-state index in [4.69, 9.17) is 4.74 Å². The summed E-state index contributed by atoms with van der Waals surface area (Å²) in [7, 11) is 1.66. The van der Waals surface area contributed by atoms with Gasteiger partial charge in [-0.05, 0) is 29.9 Å². The van der Waals surface area contributed by atoms with Gasteiger partial charge in [0.15, 0.2) is 5.78 Å². The van der Waals surface area contributed by atoms with Crippen LogP contribution in [0.1, 0.15) is 34.3 Å². The molecule has 1 aliphatic heterocycles. The maximum Gasteiger partial charge on any atom is 0.223 e. The van der Waals surface area contributed by atoms with Crippen LogP contribution in [0.25, 0.3) is 0 Å². The first kappa shape index (κ1) is 14.3. The molecule has 112 valence electrons. The topological polar surface area (TPSA) is 46.6 Å². The zero-order valence-corrected chi connectivity index (χ0v) is 12.4. The number of amides is 1. The molecule has 4 nitrogen and oxygen atoms in total. The Kier molecular flexibility index (Phi) is 4.06. The minimum Gasteiger partial charge on any atom is -0.383 e.